The van der Waals surface area contributed by atoms with Crippen molar-refractivity contribution in [2.75, 3.05) is 7.11 Å². The quantitative estimate of drug-likeness (QED) is 0.921. The molecule has 1 atom stereocenters. The second-order valence-electron chi connectivity index (χ2n) is 3.92. The summed E-state index contributed by atoms with van der Waals surface area (Å²) in [5.74, 6) is 0.320. The van der Waals surface area contributed by atoms with Crippen molar-refractivity contribution < 1.29 is 9.13 Å². The molecule has 1 unspecified atom stereocenters. The number of benzene rings is 2. The Bertz CT molecular complexity index is 559. The number of ether oxygens (including phenoxy) is 1. The molecule has 2 N–H and O–H groups in total. The molecule has 0 aromatic heterocycles. The highest BCUT2D eigenvalue weighted by Gasteiger charge is 2.14. The van der Waals surface area contributed by atoms with Crippen molar-refractivity contribution in [3.05, 3.63) is 64.4 Å². The highest BCUT2D eigenvalue weighted by molar-refractivity contribution is 6.30. The topological polar surface area (TPSA) is 35.2 Å². The lowest BCUT2D eigenvalue weighted by Gasteiger charge is -2.14. The molecule has 0 saturated heterocycles. The van der Waals surface area contributed by atoms with Crippen LogP contribution in [0.2, 0.25) is 5.02 Å². The highest BCUT2D eigenvalue weighted by atomic mass is 35.5. The predicted octanol–water partition coefficient (Wildman–Crippen LogP) is 3.54. The molecule has 18 heavy (non-hydrogen) atoms. The summed E-state index contributed by atoms with van der Waals surface area (Å²) < 4.78 is 18.8. The minimum absolute atomic E-state index is 0.366. The molecular weight excluding hydrogens is 253 g/mol. The van der Waals surface area contributed by atoms with E-state index in [0.29, 0.717) is 16.3 Å². The summed E-state index contributed by atoms with van der Waals surface area (Å²) >= 11 is 5.86. The van der Waals surface area contributed by atoms with Crippen LogP contribution in [0.5, 0.6) is 5.75 Å². The Morgan fingerprint density at radius 3 is 2.72 bits per heavy atom. The minimum atomic E-state index is -0.571. The lowest BCUT2D eigenvalue weighted by molar-refractivity contribution is 0.414. The minimum Gasteiger partial charge on any atom is -0.497 e. The summed E-state index contributed by atoms with van der Waals surface area (Å²) in [5, 5.41) is 0.463. The van der Waals surface area contributed by atoms with Crippen molar-refractivity contribution in [1.29, 1.82) is 0 Å². The Balaban J connectivity index is 2.40. The molecule has 0 aliphatic carbocycles. The third kappa shape index (κ3) is 2.63. The maximum Gasteiger partial charge on any atom is 0.128 e. The van der Waals surface area contributed by atoms with E-state index in [1.54, 1.807) is 19.2 Å². The smallest absolute Gasteiger partial charge is 0.128 e. The lowest BCUT2D eigenvalue weighted by Crippen LogP contribution is -2.13. The zero-order chi connectivity index (χ0) is 13.1. The molecule has 0 spiro atoms. The van der Waals surface area contributed by atoms with Crippen LogP contribution in [0.25, 0.3) is 0 Å². The summed E-state index contributed by atoms with van der Waals surface area (Å²) in [6.07, 6.45) is 0. The lowest BCUT2D eigenvalue weighted by atomic mass is 9.99. The average Bonchev–Trinajstić information content (AvgIpc) is 2.41. The first-order chi connectivity index (χ1) is 8.61. The molecule has 2 rings (SSSR count). The summed E-state index contributed by atoms with van der Waals surface area (Å²) in [7, 11) is 1.57. The fraction of sp³-hybridized carbons (Fsp3) is 0.143. The van der Waals surface area contributed by atoms with Gasteiger partial charge in [0.2, 0.25) is 0 Å². The van der Waals surface area contributed by atoms with Crippen molar-refractivity contribution in [2.24, 2.45) is 5.73 Å². The number of methoxy groups -OCH3 is 1. The van der Waals surface area contributed by atoms with E-state index in [9.17, 15) is 4.39 Å². The van der Waals surface area contributed by atoms with Gasteiger partial charge in [0.15, 0.2) is 0 Å². The van der Waals surface area contributed by atoms with Gasteiger partial charge in [-0.05, 0) is 35.9 Å². The molecule has 0 fully saturated rings. The van der Waals surface area contributed by atoms with E-state index in [2.05, 4.69) is 0 Å². The summed E-state index contributed by atoms with van der Waals surface area (Å²) in [6, 6.07) is 11.0. The normalized spacial score (nSPS) is 12.2. The van der Waals surface area contributed by atoms with Crippen molar-refractivity contribution >= 4 is 11.6 Å². The first-order valence-electron chi connectivity index (χ1n) is 5.46. The van der Waals surface area contributed by atoms with Crippen LogP contribution >= 0.6 is 11.6 Å². The number of halogens is 2. The molecule has 0 saturated carbocycles. The predicted molar refractivity (Wildman–Crippen MR) is 70.4 cm³/mol. The van der Waals surface area contributed by atoms with Crippen molar-refractivity contribution in [1.82, 2.24) is 0 Å². The third-order valence-corrected chi connectivity index (χ3v) is 2.98. The summed E-state index contributed by atoms with van der Waals surface area (Å²) in [6.45, 7) is 0. The van der Waals surface area contributed by atoms with E-state index in [0.717, 1.165) is 5.56 Å². The Morgan fingerprint density at radius 1 is 1.22 bits per heavy atom. The van der Waals surface area contributed by atoms with Gasteiger partial charge in [-0.2, -0.15) is 0 Å². The van der Waals surface area contributed by atoms with E-state index in [1.165, 1.54) is 12.1 Å². The van der Waals surface area contributed by atoms with E-state index in [4.69, 9.17) is 22.1 Å². The standard InChI is InChI=1S/C14H13ClFNO/c1-18-11-4-2-3-9(7-11)14(17)12-8-10(15)5-6-13(12)16/h2-8,14H,17H2,1H3. The molecule has 2 aromatic rings. The van der Waals surface area contributed by atoms with Crippen LogP contribution in [-0.4, -0.2) is 7.11 Å². The van der Waals surface area contributed by atoms with Crippen molar-refractivity contribution in [2.45, 2.75) is 6.04 Å². The first-order valence-corrected chi connectivity index (χ1v) is 5.84. The van der Waals surface area contributed by atoms with Gasteiger partial charge >= 0.3 is 0 Å². The molecule has 94 valence electrons. The molecule has 0 aliphatic rings. The molecule has 0 aliphatic heterocycles. The van der Waals surface area contributed by atoms with Gasteiger partial charge in [0.05, 0.1) is 13.2 Å². The van der Waals surface area contributed by atoms with E-state index in [-0.39, 0.29) is 5.82 Å². The Labute approximate surface area is 110 Å². The number of hydrogen-bond acceptors (Lipinski definition) is 2. The molecule has 2 nitrogen and oxygen atoms in total. The number of rotatable bonds is 3. The van der Waals surface area contributed by atoms with Crippen LogP contribution in [-0.2, 0) is 0 Å². The molecular formula is C14H13ClFNO. The van der Waals surface area contributed by atoms with Crippen LogP contribution in [0, 0.1) is 5.82 Å². The molecule has 4 heteroatoms. The Kier molecular flexibility index (Phi) is 3.84. The van der Waals surface area contributed by atoms with Gasteiger partial charge < -0.3 is 10.5 Å². The van der Waals surface area contributed by atoms with Gasteiger partial charge in [-0.15, -0.1) is 0 Å². The van der Waals surface area contributed by atoms with Crippen LogP contribution in [0.15, 0.2) is 42.5 Å². The molecule has 0 radical (unpaired) electrons. The van der Waals surface area contributed by atoms with Crippen molar-refractivity contribution in [3.8, 4) is 5.75 Å². The third-order valence-electron chi connectivity index (χ3n) is 2.75. The average molecular weight is 266 g/mol. The van der Waals surface area contributed by atoms with E-state index >= 15 is 0 Å². The van der Waals surface area contributed by atoms with Crippen LogP contribution in [0.1, 0.15) is 17.2 Å². The Hall–Kier alpha value is -1.58. The molecule has 0 bridgehead atoms. The van der Waals surface area contributed by atoms with Gasteiger partial charge in [-0.1, -0.05) is 23.7 Å². The van der Waals surface area contributed by atoms with Crippen LogP contribution in [0.4, 0.5) is 4.39 Å². The second-order valence-corrected chi connectivity index (χ2v) is 4.36. The zero-order valence-corrected chi connectivity index (χ0v) is 10.6. The summed E-state index contributed by atoms with van der Waals surface area (Å²) in [4.78, 5) is 0. The maximum atomic E-state index is 13.7. The summed E-state index contributed by atoms with van der Waals surface area (Å²) in [5.41, 5.74) is 7.20. The van der Waals surface area contributed by atoms with Gasteiger partial charge in [-0.25, -0.2) is 4.39 Å². The molecule has 0 heterocycles. The SMILES string of the molecule is COc1cccc(C(N)c2cc(Cl)ccc2F)c1. The zero-order valence-electron chi connectivity index (χ0n) is 9.86. The van der Waals surface area contributed by atoms with Gasteiger partial charge in [-0.3, -0.25) is 0 Å². The maximum absolute atomic E-state index is 13.7. The number of hydrogen-bond donors (Lipinski definition) is 1. The van der Waals surface area contributed by atoms with Gasteiger partial charge in [0, 0.05) is 10.6 Å². The Morgan fingerprint density at radius 2 is 2.00 bits per heavy atom. The fourth-order valence-corrected chi connectivity index (χ4v) is 1.95. The highest BCUT2D eigenvalue weighted by Crippen LogP contribution is 2.26. The fourth-order valence-electron chi connectivity index (χ4n) is 1.77. The molecule has 0 amide bonds. The first kappa shape index (κ1) is 12.9. The van der Waals surface area contributed by atoms with Crippen LogP contribution < -0.4 is 10.5 Å². The van der Waals surface area contributed by atoms with Crippen molar-refractivity contribution in [3.63, 3.8) is 0 Å². The monoisotopic (exact) mass is 265 g/mol. The molecule has 2 aromatic carbocycles. The van der Waals surface area contributed by atoms with Crippen LogP contribution in [0.3, 0.4) is 0 Å². The van der Waals surface area contributed by atoms with Gasteiger partial charge in [0.1, 0.15) is 11.6 Å². The van der Waals surface area contributed by atoms with E-state index in [1.807, 2.05) is 18.2 Å². The largest absolute Gasteiger partial charge is 0.497 e. The van der Waals surface area contributed by atoms with E-state index < -0.39 is 6.04 Å². The second kappa shape index (κ2) is 5.38. The van der Waals surface area contributed by atoms with Gasteiger partial charge in [0.25, 0.3) is 0 Å². The number of nitrogens with two attached hydrogens (primary N) is 1.